The van der Waals surface area contributed by atoms with Gasteiger partial charge in [-0.1, -0.05) is 24.3 Å². The molecule has 0 radical (unpaired) electrons. The Labute approximate surface area is 121 Å². The molecular weight excluding hydrogens is 268 g/mol. The highest BCUT2D eigenvalue weighted by Gasteiger charge is 2.13. The molecule has 0 fully saturated rings. The molecule has 1 aromatic heterocycles. The van der Waals surface area contributed by atoms with Crippen molar-refractivity contribution in [2.75, 3.05) is 5.32 Å². The van der Waals surface area contributed by atoms with Gasteiger partial charge in [-0.2, -0.15) is 5.10 Å². The molecule has 0 atom stereocenters. The average molecular weight is 282 g/mol. The maximum Gasteiger partial charge on any atom is 0.329 e. The molecule has 0 aliphatic heterocycles. The topological polar surface area (TPSA) is 83.5 Å². The van der Waals surface area contributed by atoms with Crippen LogP contribution < -0.4 is 10.7 Å². The zero-order chi connectivity index (χ0) is 15.1. The largest absolute Gasteiger partial charge is 0.329 e. The van der Waals surface area contributed by atoms with Crippen molar-refractivity contribution in [3.63, 3.8) is 0 Å². The number of hydrazone groups is 1. The molecule has 2 N–H and O–H groups in total. The SMILES string of the molecule is Cc1ccccc1NC(=O)C(=O)N/N=C\c1cccnc1. The summed E-state index contributed by atoms with van der Waals surface area (Å²) in [7, 11) is 0. The summed E-state index contributed by atoms with van der Waals surface area (Å²) in [5, 5.41) is 6.22. The molecule has 0 aliphatic carbocycles. The number of carbonyl (C=O) groups is 2. The lowest BCUT2D eigenvalue weighted by Crippen LogP contribution is -2.32. The van der Waals surface area contributed by atoms with Gasteiger partial charge in [-0.3, -0.25) is 14.6 Å². The maximum absolute atomic E-state index is 11.7. The smallest absolute Gasteiger partial charge is 0.317 e. The van der Waals surface area contributed by atoms with Gasteiger partial charge < -0.3 is 5.32 Å². The van der Waals surface area contributed by atoms with Crippen LogP contribution in [0.3, 0.4) is 0 Å². The number of hydrogen-bond donors (Lipinski definition) is 2. The fraction of sp³-hybridized carbons (Fsp3) is 0.0667. The number of para-hydroxylation sites is 1. The first-order valence-electron chi connectivity index (χ1n) is 6.27. The first-order valence-corrected chi connectivity index (χ1v) is 6.27. The van der Waals surface area contributed by atoms with E-state index in [2.05, 4.69) is 20.8 Å². The molecule has 6 nitrogen and oxygen atoms in total. The molecule has 0 bridgehead atoms. The minimum Gasteiger partial charge on any atom is -0.317 e. The molecule has 0 aliphatic rings. The zero-order valence-electron chi connectivity index (χ0n) is 11.4. The number of aryl methyl sites for hydroxylation is 1. The third-order valence-electron chi connectivity index (χ3n) is 2.66. The van der Waals surface area contributed by atoms with E-state index in [1.165, 1.54) is 6.21 Å². The molecule has 1 aromatic carbocycles. The Balaban J connectivity index is 1.90. The third kappa shape index (κ3) is 4.24. The van der Waals surface area contributed by atoms with Gasteiger partial charge in [-0.15, -0.1) is 0 Å². The van der Waals surface area contributed by atoms with E-state index in [9.17, 15) is 9.59 Å². The van der Waals surface area contributed by atoms with Crippen molar-refractivity contribution in [1.82, 2.24) is 10.4 Å². The summed E-state index contributed by atoms with van der Waals surface area (Å²) in [4.78, 5) is 27.2. The average Bonchev–Trinajstić information content (AvgIpc) is 2.50. The quantitative estimate of drug-likeness (QED) is 0.508. The van der Waals surface area contributed by atoms with Gasteiger partial charge in [0.2, 0.25) is 0 Å². The van der Waals surface area contributed by atoms with Crippen molar-refractivity contribution in [2.24, 2.45) is 5.10 Å². The Morgan fingerprint density at radius 3 is 2.67 bits per heavy atom. The second-order valence-corrected chi connectivity index (χ2v) is 4.25. The first-order chi connectivity index (χ1) is 10.2. The van der Waals surface area contributed by atoms with Crippen LogP contribution in [0.15, 0.2) is 53.9 Å². The first kappa shape index (κ1) is 14.4. The normalized spacial score (nSPS) is 10.3. The standard InChI is InChI=1S/C15H14N4O2/c1-11-5-2-3-7-13(11)18-14(20)15(21)19-17-10-12-6-4-8-16-9-12/h2-10H,1H3,(H,18,20)(H,19,21)/b17-10-. The van der Waals surface area contributed by atoms with Crippen LogP contribution in [-0.2, 0) is 9.59 Å². The van der Waals surface area contributed by atoms with Crippen LogP contribution in [0, 0.1) is 6.92 Å². The number of benzene rings is 1. The van der Waals surface area contributed by atoms with Crippen LogP contribution in [0.4, 0.5) is 5.69 Å². The van der Waals surface area contributed by atoms with Crippen LogP contribution >= 0.6 is 0 Å². The molecule has 1 heterocycles. The van der Waals surface area contributed by atoms with E-state index in [0.29, 0.717) is 5.69 Å². The number of carbonyl (C=O) groups excluding carboxylic acids is 2. The summed E-state index contributed by atoms with van der Waals surface area (Å²) in [6.07, 6.45) is 4.63. The minimum atomic E-state index is -0.835. The van der Waals surface area contributed by atoms with E-state index >= 15 is 0 Å². The van der Waals surface area contributed by atoms with Crippen LogP contribution in [0.5, 0.6) is 0 Å². The molecule has 2 amide bonds. The Hall–Kier alpha value is -3.02. The number of nitrogens with one attached hydrogen (secondary N) is 2. The van der Waals surface area contributed by atoms with Gasteiger partial charge in [0.25, 0.3) is 0 Å². The van der Waals surface area contributed by atoms with Gasteiger partial charge in [0.15, 0.2) is 0 Å². The van der Waals surface area contributed by atoms with Crippen LogP contribution in [0.25, 0.3) is 0 Å². The van der Waals surface area contributed by atoms with Crippen molar-refractivity contribution in [3.05, 3.63) is 59.9 Å². The Morgan fingerprint density at radius 2 is 1.95 bits per heavy atom. The number of aromatic nitrogens is 1. The lowest BCUT2D eigenvalue weighted by molar-refractivity contribution is -0.136. The van der Waals surface area contributed by atoms with Crippen molar-refractivity contribution in [3.8, 4) is 0 Å². The van der Waals surface area contributed by atoms with E-state index in [-0.39, 0.29) is 0 Å². The Morgan fingerprint density at radius 1 is 1.14 bits per heavy atom. The summed E-state index contributed by atoms with van der Waals surface area (Å²) >= 11 is 0. The molecule has 0 spiro atoms. The number of hydrogen-bond acceptors (Lipinski definition) is 4. The molecule has 6 heteroatoms. The van der Waals surface area contributed by atoms with Gasteiger partial charge in [-0.05, 0) is 24.6 Å². The van der Waals surface area contributed by atoms with Crippen molar-refractivity contribution in [1.29, 1.82) is 0 Å². The molecular formula is C15H14N4O2. The van der Waals surface area contributed by atoms with Gasteiger partial charge in [0.05, 0.1) is 6.21 Å². The van der Waals surface area contributed by atoms with E-state index < -0.39 is 11.8 Å². The fourth-order valence-electron chi connectivity index (χ4n) is 1.56. The number of rotatable bonds is 3. The molecule has 2 aromatic rings. The number of pyridine rings is 1. The number of anilines is 1. The summed E-state index contributed by atoms with van der Waals surface area (Å²) in [5.74, 6) is -1.61. The summed E-state index contributed by atoms with van der Waals surface area (Å²) in [6, 6.07) is 10.7. The highest BCUT2D eigenvalue weighted by atomic mass is 16.2. The Bertz CT molecular complexity index is 668. The van der Waals surface area contributed by atoms with E-state index in [1.807, 2.05) is 19.1 Å². The van der Waals surface area contributed by atoms with Gasteiger partial charge in [0.1, 0.15) is 0 Å². The number of nitrogens with zero attached hydrogens (tertiary/aromatic N) is 2. The molecule has 0 saturated heterocycles. The maximum atomic E-state index is 11.7. The minimum absolute atomic E-state index is 0.592. The second-order valence-electron chi connectivity index (χ2n) is 4.25. The van der Waals surface area contributed by atoms with Crippen LogP contribution in [0.2, 0.25) is 0 Å². The van der Waals surface area contributed by atoms with E-state index in [1.54, 1.807) is 36.7 Å². The number of amides is 2. The molecule has 2 rings (SSSR count). The van der Waals surface area contributed by atoms with E-state index in [4.69, 9.17) is 0 Å². The monoisotopic (exact) mass is 282 g/mol. The second kappa shape index (κ2) is 6.95. The van der Waals surface area contributed by atoms with Crippen molar-refractivity contribution >= 4 is 23.7 Å². The van der Waals surface area contributed by atoms with Crippen molar-refractivity contribution in [2.45, 2.75) is 6.92 Å². The molecule has 21 heavy (non-hydrogen) atoms. The Kier molecular flexibility index (Phi) is 4.76. The lowest BCUT2D eigenvalue weighted by atomic mass is 10.2. The third-order valence-corrected chi connectivity index (χ3v) is 2.66. The fourth-order valence-corrected chi connectivity index (χ4v) is 1.56. The highest BCUT2D eigenvalue weighted by molar-refractivity contribution is 6.39. The summed E-state index contributed by atoms with van der Waals surface area (Å²) in [5.41, 5.74) is 4.35. The van der Waals surface area contributed by atoms with Gasteiger partial charge in [-0.25, -0.2) is 5.43 Å². The molecule has 0 saturated carbocycles. The van der Waals surface area contributed by atoms with Gasteiger partial charge >= 0.3 is 11.8 Å². The summed E-state index contributed by atoms with van der Waals surface area (Å²) < 4.78 is 0. The summed E-state index contributed by atoms with van der Waals surface area (Å²) in [6.45, 7) is 1.84. The van der Waals surface area contributed by atoms with E-state index in [0.717, 1.165) is 11.1 Å². The zero-order valence-corrected chi connectivity index (χ0v) is 11.4. The van der Waals surface area contributed by atoms with Crippen LogP contribution in [0.1, 0.15) is 11.1 Å². The highest BCUT2D eigenvalue weighted by Crippen LogP contribution is 2.12. The van der Waals surface area contributed by atoms with Crippen LogP contribution in [-0.4, -0.2) is 23.0 Å². The predicted octanol–water partition coefficient (Wildman–Crippen LogP) is 1.48. The molecule has 106 valence electrons. The molecule has 0 unspecified atom stereocenters. The predicted molar refractivity (Wildman–Crippen MR) is 79.8 cm³/mol. The lowest BCUT2D eigenvalue weighted by Gasteiger charge is -2.06. The van der Waals surface area contributed by atoms with Crippen molar-refractivity contribution < 1.29 is 9.59 Å². The van der Waals surface area contributed by atoms with Gasteiger partial charge in [0, 0.05) is 23.6 Å².